The molecule has 0 fully saturated rings. The third-order valence-corrected chi connectivity index (χ3v) is 14.1. The molecule has 0 aliphatic heterocycles. The number of benzene rings is 10. The van der Waals surface area contributed by atoms with Gasteiger partial charge in [0, 0.05) is 56.3 Å². The Morgan fingerprint density at radius 1 is 0.516 bits per heavy atom. The Labute approximate surface area is 365 Å². The van der Waals surface area contributed by atoms with Crippen LogP contribution in [0.1, 0.15) is 23.6 Å². The van der Waals surface area contributed by atoms with Crippen LogP contribution in [-0.2, 0) is 12.8 Å². The molecule has 0 amide bonds. The molecule has 0 saturated carbocycles. The molecule has 0 saturated heterocycles. The molecule has 1 aliphatic rings. The zero-order chi connectivity index (χ0) is 41.3. The van der Waals surface area contributed by atoms with Gasteiger partial charge in [-0.05, 0) is 136 Å². The number of nitrogens with two attached hydrogens (primary N) is 1. The number of rotatable bonds is 10. The molecule has 11 aromatic rings. The quantitative estimate of drug-likeness (QED) is 0.135. The van der Waals surface area contributed by atoms with Crippen molar-refractivity contribution in [1.82, 2.24) is 0 Å². The third-order valence-electron chi connectivity index (χ3n) is 12.9. The van der Waals surface area contributed by atoms with Gasteiger partial charge in [-0.15, -0.1) is 11.3 Å². The second-order valence-electron chi connectivity index (χ2n) is 16.4. The van der Waals surface area contributed by atoms with Gasteiger partial charge in [0.25, 0.3) is 0 Å². The summed E-state index contributed by atoms with van der Waals surface area (Å²) in [5.41, 5.74) is 20.7. The molecule has 12 rings (SSSR count). The molecular weight excluding hydrogens is 773 g/mol. The van der Waals surface area contributed by atoms with E-state index in [4.69, 9.17) is 5.73 Å². The van der Waals surface area contributed by atoms with Crippen molar-refractivity contribution < 1.29 is 0 Å². The normalized spacial score (nSPS) is 12.2. The predicted molar refractivity (Wildman–Crippen MR) is 268 cm³/mol. The monoisotopic (exact) mass is 816 g/mol. The number of hydrogen-bond acceptors (Lipinski definition) is 5. The lowest BCUT2D eigenvalue weighted by molar-refractivity contribution is 0.968. The second-order valence-corrected chi connectivity index (χ2v) is 17.5. The van der Waals surface area contributed by atoms with Crippen LogP contribution in [0.3, 0.4) is 0 Å². The summed E-state index contributed by atoms with van der Waals surface area (Å²) >= 11 is 1.87. The molecule has 10 aromatic carbocycles. The molecule has 0 bridgehead atoms. The highest BCUT2D eigenvalue weighted by Crippen LogP contribution is 2.51. The van der Waals surface area contributed by atoms with Gasteiger partial charge in [-0.3, -0.25) is 0 Å². The van der Waals surface area contributed by atoms with E-state index in [1.54, 1.807) is 0 Å². The molecule has 1 aliphatic carbocycles. The number of fused-ring (bicyclic) bond motifs is 6. The topological polar surface area (TPSA) is 44.5 Å². The maximum absolute atomic E-state index is 6.01. The summed E-state index contributed by atoms with van der Waals surface area (Å²) in [5.74, 6) is 0. The van der Waals surface area contributed by atoms with Gasteiger partial charge < -0.3 is 20.9 Å². The van der Waals surface area contributed by atoms with Crippen LogP contribution in [0.4, 0.5) is 39.8 Å². The van der Waals surface area contributed by atoms with E-state index in [0.29, 0.717) is 6.54 Å². The first-order valence-electron chi connectivity index (χ1n) is 21.7. The minimum absolute atomic E-state index is 0.625. The molecule has 298 valence electrons. The van der Waals surface area contributed by atoms with E-state index in [2.05, 4.69) is 204 Å². The number of thiophene rings is 1. The Hall–Kier alpha value is -7.18. The number of nitrogens with zero attached hydrogens (tertiary/aromatic N) is 2. The minimum atomic E-state index is 0.625. The molecule has 0 atom stereocenters. The molecule has 5 heteroatoms. The van der Waals surface area contributed by atoms with E-state index in [-0.39, 0.29) is 0 Å². The smallest absolute Gasteiger partial charge is 0.0640 e. The lowest BCUT2D eigenvalue weighted by Crippen LogP contribution is -2.13. The lowest BCUT2D eigenvalue weighted by Gasteiger charge is -2.30. The van der Waals surface area contributed by atoms with Crippen molar-refractivity contribution in [2.45, 2.75) is 19.8 Å². The molecule has 0 radical (unpaired) electrons. The fraction of sp³-hybridized carbons (Fsp3) is 0.0877. The van der Waals surface area contributed by atoms with Crippen molar-refractivity contribution in [3.05, 3.63) is 199 Å². The van der Waals surface area contributed by atoms with Gasteiger partial charge in [0.1, 0.15) is 0 Å². The molecule has 1 heterocycles. The third kappa shape index (κ3) is 5.77. The molecule has 0 spiro atoms. The van der Waals surface area contributed by atoms with Crippen molar-refractivity contribution in [2.24, 2.45) is 5.73 Å². The molecule has 3 N–H and O–H groups in total. The molecule has 4 nitrogen and oxygen atoms in total. The average molecular weight is 817 g/mol. The molecule has 0 unspecified atom stereocenters. The fourth-order valence-electron chi connectivity index (χ4n) is 10.1. The van der Waals surface area contributed by atoms with Crippen LogP contribution < -0.4 is 20.9 Å². The van der Waals surface area contributed by atoms with E-state index in [1.807, 2.05) is 11.3 Å². The summed E-state index contributed by atoms with van der Waals surface area (Å²) in [6, 6.07) is 67.9. The Morgan fingerprint density at radius 3 is 1.84 bits per heavy atom. The largest absolute Gasteiger partial charge is 0.385 e. The van der Waals surface area contributed by atoms with E-state index in [1.165, 1.54) is 97.4 Å². The van der Waals surface area contributed by atoms with Gasteiger partial charge in [0.2, 0.25) is 0 Å². The van der Waals surface area contributed by atoms with E-state index in [9.17, 15) is 0 Å². The standard InChI is InChI=1S/C57H44N4S/c1-2-59-40-23-27-42(28-24-40)60(50-14-7-12-44-43-10-4-3-9-39(43)35-49(44)50)51-31-21-37-20-30-48-52(32-22-38-19-29-47(51)55(37)56(38)48)61(41-25-17-36(18-26-41)33-34-58)53-15-8-13-46-45-11-5-6-16-54(45)62-57(46)53/h3-32,59H,2,33-35,58H2,1H3. The Morgan fingerprint density at radius 2 is 1.11 bits per heavy atom. The number of anilines is 7. The van der Waals surface area contributed by atoms with Gasteiger partial charge in [0.15, 0.2) is 0 Å². The van der Waals surface area contributed by atoms with Crippen molar-refractivity contribution in [3.8, 4) is 11.1 Å². The first kappa shape index (κ1) is 36.7. The highest BCUT2D eigenvalue weighted by Gasteiger charge is 2.27. The first-order valence-corrected chi connectivity index (χ1v) is 22.5. The summed E-state index contributed by atoms with van der Waals surface area (Å²) in [6.07, 6.45) is 1.75. The fourth-order valence-corrected chi connectivity index (χ4v) is 11.4. The van der Waals surface area contributed by atoms with Crippen LogP contribution in [0, 0.1) is 0 Å². The lowest BCUT2D eigenvalue weighted by atomic mass is 9.91. The molecule has 62 heavy (non-hydrogen) atoms. The zero-order valence-corrected chi connectivity index (χ0v) is 35.3. The zero-order valence-electron chi connectivity index (χ0n) is 34.5. The molecular formula is C57H44N4S. The van der Waals surface area contributed by atoms with Crippen molar-refractivity contribution >= 4 is 104 Å². The van der Waals surface area contributed by atoms with Gasteiger partial charge in [-0.1, -0.05) is 115 Å². The van der Waals surface area contributed by atoms with Crippen LogP contribution in [0.15, 0.2) is 182 Å². The summed E-state index contributed by atoms with van der Waals surface area (Å²) in [5, 5.41) is 13.6. The first-order chi connectivity index (χ1) is 30.7. The Balaban J connectivity index is 1.10. The second kappa shape index (κ2) is 14.8. The summed E-state index contributed by atoms with van der Waals surface area (Å²) in [6.45, 7) is 3.64. The highest BCUT2D eigenvalue weighted by atomic mass is 32.1. The summed E-state index contributed by atoms with van der Waals surface area (Å²) in [4.78, 5) is 4.99. The Kier molecular flexibility index (Phi) is 8.73. The van der Waals surface area contributed by atoms with E-state index < -0.39 is 0 Å². The molecule has 1 aromatic heterocycles. The number of nitrogens with one attached hydrogen (secondary N) is 1. The number of hydrogen-bond donors (Lipinski definition) is 2. The van der Waals surface area contributed by atoms with Gasteiger partial charge in [-0.2, -0.15) is 0 Å². The maximum Gasteiger partial charge on any atom is 0.0640 e. The maximum atomic E-state index is 6.01. The Bertz CT molecular complexity index is 3480. The van der Waals surface area contributed by atoms with Crippen LogP contribution in [0.5, 0.6) is 0 Å². The van der Waals surface area contributed by atoms with Gasteiger partial charge in [-0.25, -0.2) is 0 Å². The summed E-state index contributed by atoms with van der Waals surface area (Å²) in [7, 11) is 0. The minimum Gasteiger partial charge on any atom is -0.385 e. The van der Waals surface area contributed by atoms with Crippen molar-refractivity contribution in [1.29, 1.82) is 0 Å². The van der Waals surface area contributed by atoms with Crippen molar-refractivity contribution in [3.63, 3.8) is 0 Å². The predicted octanol–water partition coefficient (Wildman–Crippen LogP) is 15.4. The van der Waals surface area contributed by atoms with Crippen LogP contribution in [-0.4, -0.2) is 13.1 Å². The van der Waals surface area contributed by atoms with Crippen molar-refractivity contribution in [2.75, 3.05) is 28.2 Å². The van der Waals surface area contributed by atoms with Gasteiger partial charge >= 0.3 is 0 Å². The van der Waals surface area contributed by atoms with E-state index >= 15 is 0 Å². The van der Waals surface area contributed by atoms with Gasteiger partial charge in [0.05, 0.1) is 27.4 Å². The SMILES string of the molecule is CCNc1ccc(N(c2cccc3c2Cc2ccccc2-3)c2ccc3ccc4c(N(c5ccc(CCN)cc5)c5cccc6c5sc5ccccc56)ccc5ccc2c3c54)cc1. The summed E-state index contributed by atoms with van der Waals surface area (Å²) < 4.78 is 2.57. The van der Waals surface area contributed by atoms with E-state index in [0.717, 1.165) is 42.1 Å². The van der Waals surface area contributed by atoms with Crippen LogP contribution in [0.2, 0.25) is 0 Å². The highest BCUT2D eigenvalue weighted by molar-refractivity contribution is 7.26. The average Bonchev–Trinajstić information content (AvgIpc) is 3.90. The van der Waals surface area contributed by atoms with Crippen LogP contribution >= 0.6 is 11.3 Å². The van der Waals surface area contributed by atoms with Crippen LogP contribution in [0.25, 0.3) is 63.6 Å².